The van der Waals surface area contributed by atoms with Crippen LogP contribution in [0.15, 0.2) is 54.6 Å². The molecule has 18 heavy (non-hydrogen) atoms. The van der Waals surface area contributed by atoms with Gasteiger partial charge in [-0.1, -0.05) is 54.6 Å². The van der Waals surface area contributed by atoms with E-state index in [0.29, 0.717) is 6.54 Å². The van der Waals surface area contributed by atoms with Crippen LogP contribution in [0.4, 0.5) is 4.79 Å². The molecule has 1 N–H and O–H groups in total. The lowest BCUT2D eigenvalue weighted by molar-refractivity contribution is 0.160. The first-order valence-corrected chi connectivity index (χ1v) is 6.00. The Kier molecular flexibility index (Phi) is 6.33. The van der Waals surface area contributed by atoms with Gasteiger partial charge in [0.15, 0.2) is 0 Å². The van der Waals surface area contributed by atoms with Gasteiger partial charge in [-0.25, -0.2) is 4.79 Å². The van der Waals surface area contributed by atoms with E-state index in [2.05, 4.69) is 18.2 Å². The largest absolute Gasteiger partial charge is 0.465 e. The lowest BCUT2D eigenvalue weighted by Crippen LogP contribution is -2.24. The summed E-state index contributed by atoms with van der Waals surface area (Å²) in [5.74, 6) is 0. The van der Waals surface area contributed by atoms with Crippen LogP contribution in [-0.2, 0) is 6.42 Å². The number of allylic oxidation sites excluding steroid dienone is 3. The van der Waals surface area contributed by atoms with Crippen LogP contribution in [0, 0.1) is 0 Å². The quantitative estimate of drug-likeness (QED) is 0.781. The first kappa shape index (κ1) is 14.0. The number of hydrogen-bond acceptors (Lipinski definition) is 1. The van der Waals surface area contributed by atoms with Crippen molar-refractivity contribution in [2.75, 3.05) is 13.6 Å². The molecule has 0 radical (unpaired) electrons. The van der Waals surface area contributed by atoms with Crippen LogP contribution in [-0.4, -0.2) is 29.7 Å². The molecular formula is C15H19NO2. The molecule has 0 bridgehead atoms. The van der Waals surface area contributed by atoms with Crippen molar-refractivity contribution < 1.29 is 9.90 Å². The molecule has 0 spiro atoms. The zero-order valence-corrected chi connectivity index (χ0v) is 10.6. The second-order valence-corrected chi connectivity index (χ2v) is 4.04. The van der Waals surface area contributed by atoms with Crippen molar-refractivity contribution in [3.05, 3.63) is 60.2 Å². The Morgan fingerprint density at radius 3 is 2.56 bits per heavy atom. The second-order valence-electron chi connectivity index (χ2n) is 4.04. The van der Waals surface area contributed by atoms with E-state index in [4.69, 9.17) is 5.11 Å². The zero-order chi connectivity index (χ0) is 13.2. The van der Waals surface area contributed by atoms with Crippen molar-refractivity contribution in [1.29, 1.82) is 0 Å². The highest BCUT2D eigenvalue weighted by atomic mass is 16.4. The Labute approximate surface area is 108 Å². The Balaban J connectivity index is 2.18. The first-order chi connectivity index (χ1) is 8.70. The summed E-state index contributed by atoms with van der Waals surface area (Å²) in [7, 11) is 1.55. The normalized spacial score (nSPS) is 11.2. The molecule has 0 aliphatic rings. The fourth-order valence-corrected chi connectivity index (χ4v) is 1.45. The van der Waals surface area contributed by atoms with Crippen LogP contribution >= 0.6 is 0 Å². The van der Waals surface area contributed by atoms with Crippen LogP contribution in [0.1, 0.15) is 12.0 Å². The molecule has 0 heterocycles. The number of likely N-dealkylation sites (N-methyl/N-ethyl adjacent to an activating group) is 1. The molecule has 0 aliphatic heterocycles. The Hall–Kier alpha value is -2.03. The molecule has 0 fully saturated rings. The van der Waals surface area contributed by atoms with Gasteiger partial charge in [-0.15, -0.1) is 0 Å². The van der Waals surface area contributed by atoms with Gasteiger partial charge < -0.3 is 10.0 Å². The van der Waals surface area contributed by atoms with E-state index in [9.17, 15) is 4.79 Å². The van der Waals surface area contributed by atoms with Gasteiger partial charge in [0, 0.05) is 13.6 Å². The third kappa shape index (κ3) is 5.89. The molecule has 0 aromatic heterocycles. The van der Waals surface area contributed by atoms with Gasteiger partial charge in [0.1, 0.15) is 0 Å². The molecular weight excluding hydrogens is 226 g/mol. The molecule has 1 rings (SSSR count). The monoisotopic (exact) mass is 245 g/mol. The van der Waals surface area contributed by atoms with Crippen molar-refractivity contribution in [1.82, 2.24) is 4.90 Å². The maximum Gasteiger partial charge on any atom is 0.407 e. The van der Waals surface area contributed by atoms with Gasteiger partial charge >= 0.3 is 6.09 Å². The fourth-order valence-electron chi connectivity index (χ4n) is 1.45. The Bertz CT molecular complexity index is 410. The fraction of sp³-hybridized carbons (Fsp3) is 0.267. The molecule has 96 valence electrons. The SMILES string of the molecule is CN(C/C=C/C=C/CCc1ccccc1)C(=O)O. The van der Waals surface area contributed by atoms with Gasteiger partial charge in [-0.2, -0.15) is 0 Å². The van der Waals surface area contributed by atoms with E-state index in [1.807, 2.05) is 36.4 Å². The number of aryl methyl sites for hydroxylation is 1. The van der Waals surface area contributed by atoms with Gasteiger partial charge in [-0.05, 0) is 18.4 Å². The minimum Gasteiger partial charge on any atom is -0.465 e. The van der Waals surface area contributed by atoms with Crippen molar-refractivity contribution in [3.8, 4) is 0 Å². The van der Waals surface area contributed by atoms with E-state index >= 15 is 0 Å². The lowest BCUT2D eigenvalue weighted by atomic mass is 10.1. The lowest BCUT2D eigenvalue weighted by Gasteiger charge is -2.08. The predicted octanol–water partition coefficient (Wildman–Crippen LogP) is 3.34. The topological polar surface area (TPSA) is 40.5 Å². The number of rotatable bonds is 6. The number of benzene rings is 1. The van der Waals surface area contributed by atoms with Crippen LogP contribution in [0.5, 0.6) is 0 Å². The van der Waals surface area contributed by atoms with E-state index in [0.717, 1.165) is 12.8 Å². The first-order valence-electron chi connectivity index (χ1n) is 6.00. The molecule has 1 aromatic rings. The van der Waals surface area contributed by atoms with E-state index in [1.165, 1.54) is 10.5 Å². The number of hydrogen-bond donors (Lipinski definition) is 1. The minimum absolute atomic E-state index is 0.415. The summed E-state index contributed by atoms with van der Waals surface area (Å²) in [6.45, 7) is 0.415. The Morgan fingerprint density at radius 2 is 1.89 bits per heavy atom. The summed E-state index contributed by atoms with van der Waals surface area (Å²) in [6.07, 6.45) is 8.86. The van der Waals surface area contributed by atoms with Crippen LogP contribution in [0.25, 0.3) is 0 Å². The summed E-state index contributed by atoms with van der Waals surface area (Å²) < 4.78 is 0. The predicted molar refractivity (Wildman–Crippen MR) is 73.7 cm³/mol. The molecule has 0 saturated carbocycles. The van der Waals surface area contributed by atoms with Gasteiger partial charge in [0.25, 0.3) is 0 Å². The van der Waals surface area contributed by atoms with Crippen LogP contribution in [0.2, 0.25) is 0 Å². The third-order valence-electron chi connectivity index (χ3n) is 2.53. The molecule has 0 atom stereocenters. The summed E-state index contributed by atoms with van der Waals surface area (Å²) >= 11 is 0. The van der Waals surface area contributed by atoms with Crippen molar-refractivity contribution in [3.63, 3.8) is 0 Å². The van der Waals surface area contributed by atoms with E-state index in [1.54, 1.807) is 7.05 Å². The zero-order valence-electron chi connectivity index (χ0n) is 10.6. The average Bonchev–Trinajstić information content (AvgIpc) is 2.38. The molecule has 0 saturated heterocycles. The van der Waals surface area contributed by atoms with Crippen LogP contribution in [0.3, 0.4) is 0 Å². The summed E-state index contributed by atoms with van der Waals surface area (Å²) in [5, 5.41) is 8.62. The summed E-state index contributed by atoms with van der Waals surface area (Å²) in [4.78, 5) is 11.7. The highest BCUT2D eigenvalue weighted by Crippen LogP contribution is 2.02. The second kappa shape index (κ2) is 8.12. The smallest absolute Gasteiger partial charge is 0.407 e. The van der Waals surface area contributed by atoms with Gasteiger partial charge in [0.05, 0.1) is 0 Å². The van der Waals surface area contributed by atoms with Crippen molar-refractivity contribution in [2.24, 2.45) is 0 Å². The van der Waals surface area contributed by atoms with Crippen molar-refractivity contribution >= 4 is 6.09 Å². The maximum absolute atomic E-state index is 10.5. The number of carboxylic acid groups (broad SMARTS) is 1. The standard InChI is InChI=1S/C15H19NO2/c1-16(15(17)18)13-9-4-2-3-6-10-14-11-7-5-8-12-14/h2-5,7-9,11-12H,6,10,13H2,1H3,(H,17,18)/b3-2+,9-4+. The summed E-state index contributed by atoms with van der Waals surface area (Å²) in [6, 6.07) is 10.3. The molecule has 3 nitrogen and oxygen atoms in total. The van der Waals surface area contributed by atoms with Crippen molar-refractivity contribution in [2.45, 2.75) is 12.8 Å². The average molecular weight is 245 g/mol. The molecule has 1 aromatic carbocycles. The molecule has 1 amide bonds. The third-order valence-corrected chi connectivity index (χ3v) is 2.53. The van der Waals surface area contributed by atoms with Gasteiger partial charge in [0.2, 0.25) is 0 Å². The Morgan fingerprint density at radius 1 is 1.22 bits per heavy atom. The number of nitrogens with zero attached hydrogens (tertiary/aromatic N) is 1. The maximum atomic E-state index is 10.5. The van der Waals surface area contributed by atoms with E-state index < -0.39 is 6.09 Å². The minimum atomic E-state index is -0.910. The summed E-state index contributed by atoms with van der Waals surface area (Å²) in [5.41, 5.74) is 1.33. The molecule has 0 unspecified atom stereocenters. The van der Waals surface area contributed by atoms with Gasteiger partial charge in [-0.3, -0.25) is 0 Å². The highest BCUT2D eigenvalue weighted by Gasteiger charge is 1.99. The number of amides is 1. The molecule has 0 aliphatic carbocycles. The number of carbonyl (C=O) groups is 1. The molecule has 3 heteroatoms. The van der Waals surface area contributed by atoms with Crippen LogP contribution < -0.4 is 0 Å². The van der Waals surface area contributed by atoms with E-state index in [-0.39, 0.29) is 0 Å². The highest BCUT2D eigenvalue weighted by molar-refractivity contribution is 5.64.